The largest absolute Gasteiger partial charge is 0.369 e. The second-order valence-electron chi connectivity index (χ2n) is 7.30. The molecule has 2 amide bonds. The van der Waals surface area contributed by atoms with Gasteiger partial charge in [0.05, 0.1) is 10.6 Å². The summed E-state index contributed by atoms with van der Waals surface area (Å²) in [7, 11) is -2.27. The lowest BCUT2D eigenvalue weighted by molar-refractivity contribution is -0.123. The van der Waals surface area contributed by atoms with E-state index in [0.717, 1.165) is 5.56 Å². The van der Waals surface area contributed by atoms with Gasteiger partial charge in [0.2, 0.25) is 5.91 Å². The van der Waals surface area contributed by atoms with E-state index >= 15 is 0 Å². The zero-order valence-electron chi connectivity index (χ0n) is 16.5. The van der Waals surface area contributed by atoms with Crippen LogP contribution in [0.2, 0.25) is 0 Å². The molecule has 1 fully saturated rings. The fourth-order valence-electron chi connectivity index (χ4n) is 3.39. The van der Waals surface area contributed by atoms with Crippen molar-refractivity contribution >= 4 is 27.5 Å². The molecule has 0 aliphatic carbocycles. The summed E-state index contributed by atoms with van der Waals surface area (Å²) < 4.78 is 27.0. The smallest absolute Gasteiger partial charge is 0.264 e. The van der Waals surface area contributed by atoms with Crippen molar-refractivity contribution in [2.24, 2.45) is 11.7 Å². The van der Waals surface area contributed by atoms with E-state index in [2.05, 4.69) is 0 Å². The molecule has 0 saturated carbocycles. The molecule has 2 aromatic carbocycles. The number of likely N-dealkylation sites (tertiary alicyclic amines) is 1. The van der Waals surface area contributed by atoms with Crippen LogP contribution in [0.15, 0.2) is 53.4 Å². The van der Waals surface area contributed by atoms with Crippen molar-refractivity contribution in [1.29, 1.82) is 0 Å². The van der Waals surface area contributed by atoms with Crippen molar-refractivity contribution in [3.8, 4) is 0 Å². The number of sulfonamides is 1. The summed E-state index contributed by atoms with van der Waals surface area (Å²) >= 11 is 0. The molecule has 154 valence electrons. The molecule has 0 spiro atoms. The average molecular weight is 416 g/mol. The summed E-state index contributed by atoms with van der Waals surface area (Å²) in [5.74, 6) is -0.714. The number of nitrogens with zero attached hydrogens (tertiary/aromatic N) is 2. The highest BCUT2D eigenvalue weighted by molar-refractivity contribution is 7.92. The summed E-state index contributed by atoms with van der Waals surface area (Å²) in [6.07, 6.45) is 1.09. The number of nitrogens with two attached hydrogens (primary N) is 1. The van der Waals surface area contributed by atoms with Crippen molar-refractivity contribution in [3.05, 3.63) is 59.7 Å². The van der Waals surface area contributed by atoms with Gasteiger partial charge in [0, 0.05) is 31.6 Å². The van der Waals surface area contributed by atoms with Crippen LogP contribution < -0.4 is 10.0 Å². The minimum Gasteiger partial charge on any atom is -0.369 e. The van der Waals surface area contributed by atoms with E-state index in [1.54, 1.807) is 53.4 Å². The van der Waals surface area contributed by atoms with E-state index in [1.165, 1.54) is 11.4 Å². The van der Waals surface area contributed by atoms with E-state index in [0.29, 0.717) is 37.2 Å². The fourth-order valence-corrected chi connectivity index (χ4v) is 4.58. The van der Waals surface area contributed by atoms with E-state index in [1.807, 2.05) is 6.92 Å². The molecule has 8 heteroatoms. The minimum atomic E-state index is -3.74. The molecule has 0 radical (unpaired) electrons. The Morgan fingerprint density at radius 3 is 2.28 bits per heavy atom. The van der Waals surface area contributed by atoms with Crippen LogP contribution in [-0.2, 0) is 14.8 Å². The first-order valence-electron chi connectivity index (χ1n) is 9.44. The van der Waals surface area contributed by atoms with Crippen LogP contribution >= 0.6 is 0 Å². The van der Waals surface area contributed by atoms with Crippen molar-refractivity contribution < 1.29 is 18.0 Å². The second-order valence-corrected chi connectivity index (χ2v) is 9.27. The molecule has 0 atom stereocenters. The Kier molecular flexibility index (Phi) is 5.93. The van der Waals surface area contributed by atoms with Crippen LogP contribution in [0, 0.1) is 12.8 Å². The molecular formula is C21H25N3O4S. The molecule has 1 saturated heterocycles. The molecule has 0 bridgehead atoms. The Morgan fingerprint density at radius 2 is 1.69 bits per heavy atom. The number of benzene rings is 2. The molecule has 1 aliphatic rings. The van der Waals surface area contributed by atoms with E-state index in [4.69, 9.17) is 5.73 Å². The molecule has 0 aromatic heterocycles. The van der Waals surface area contributed by atoms with Gasteiger partial charge in [-0.15, -0.1) is 0 Å². The van der Waals surface area contributed by atoms with Crippen molar-refractivity contribution in [3.63, 3.8) is 0 Å². The number of primary amides is 1. The third-order valence-electron chi connectivity index (χ3n) is 5.32. The molecule has 2 N–H and O–H groups in total. The fraction of sp³-hybridized carbons (Fsp3) is 0.333. The minimum absolute atomic E-state index is 0.184. The summed E-state index contributed by atoms with van der Waals surface area (Å²) in [4.78, 5) is 26.0. The van der Waals surface area contributed by atoms with Crippen LogP contribution in [-0.4, -0.2) is 45.3 Å². The first-order chi connectivity index (χ1) is 13.7. The van der Waals surface area contributed by atoms with Crippen molar-refractivity contribution in [2.75, 3.05) is 24.4 Å². The van der Waals surface area contributed by atoms with Gasteiger partial charge < -0.3 is 10.6 Å². The maximum Gasteiger partial charge on any atom is 0.264 e. The van der Waals surface area contributed by atoms with Gasteiger partial charge in [0.15, 0.2) is 0 Å². The Morgan fingerprint density at radius 1 is 1.07 bits per heavy atom. The molecular weight excluding hydrogens is 390 g/mol. The van der Waals surface area contributed by atoms with Crippen LogP contribution in [0.25, 0.3) is 0 Å². The topological polar surface area (TPSA) is 101 Å². The molecule has 29 heavy (non-hydrogen) atoms. The molecule has 3 rings (SSSR count). The number of carbonyl (C=O) groups is 2. The number of hydrogen-bond donors (Lipinski definition) is 1. The number of hydrogen-bond acceptors (Lipinski definition) is 4. The molecule has 1 heterocycles. The van der Waals surface area contributed by atoms with Crippen molar-refractivity contribution in [1.82, 2.24) is 4.90 Å². The van der Waals surface area contributed by atoms with Gasteiger partial charge >= 0.3 is 0 Å². The van der Waals surface area contributed by atoms with Crippen LogP contribution in [0.5, 0.6) is 0 Å². The molecule has 2 aromatic rings. The number of carbonyl (C=O) groups excluding carboxylic acids is 2. The quantitative estimate of drug-likeness (QED) is 0.809. The number of rotatable bonds is 5. The highest BCUT2D eigenvalue weighted by Gasteiger charge is 2.27. The third-order valence-corrected chi connectivity index (χ3v) is 7.12. The Balaban J connectivity index is 1.79. The predicted molar refractivity (Wildman–Crippen MR) is 111 cm³/mol. The Bertz CT molecular complexity index is 1010. The lowest BCUT2D eigenvalue weighted by Gasteiger charge is -2.30. The monoisotopic (exact) mass is 415 g/mol. The van der Waals surface area contributed by atoms with Crippen LogP contribution in [0.3, 0.4) is 0 Å². The zero-order valence-corrected chi connectivity index (χ0v) is 17.4. The van der Waals surface area contributed by atoms with Gasteiger partial charge in [-0.2, -0.15) is 0 Å². The SMILES string of the molecule is Cc1ccc(S(=O)(=O)N(C)c2cccc(C(=O)N3CCC(C(N)=O)CC3)c2)cc1. The first kappa shape index (κ1) is 20.9. The third kappa shape index (κ3) is 4.42. The maximum absolute atomic E-state index is 12.9. The highest BCUT2D eigenvalue weighted by atomic mass is 32.2. The number of aryl methyl sites for hydroxylation is 1. The summed E-state index contributed by atoms with van der Waals surface area (Å²) in [5, 5.41) is 0. The first-order valence-corrected chi connectivity index (χ1v) is 10.9. The van der Waals surface area contributed by atoms with E-state index in [-0.39, 0.29) is 22.6 Å². The lowest BCUT2D eigenvalue weighted by Crippen LogP contribution is -2.41. The van der Waals surface area contributed by atoms with Gasteiger partial charge in [-0.3, -0.25) is 13.9 Å². The average Bonchev–Trinajstić information content (AvgIpc) is 2.73. The van der Waals surface area contributed by atoms with E-state index < -0.39 is 10.0 Å². The predicted octanol–water partition coefficient (Wildman–Crippen LogP) is 2.16. The Hall–Kier alpha value is -2.87. The van der Waals surface area contributed by atoms with Crippen LogP contribution in [0.1, 0.15) is 28.8 Å². The van der Waals surface area contributed by atoms with Crippen molar-refractivity contribution in [2.45, 2.75) is 24.7 Å². The standard InChI is InChI=1S/C21H25N3O4S/c1-15-6-8-19(9-7-15)29(27,28)23(2)18-5-3-4-17(14-18)21(26)24-12-10-16(11-13-24)20(22)25/h3-9,14,16H,10-13H2,1-2H3,(H2,22,25). The van der Waals surface area contributed by atoms with Gasteiger partial charge in [0.25, 0.3) is 15.9 Å². The number of anilines is 1. The number of amides is 2. The summed E-state index contributed by atoms with van der Waals surface area (Å²) in [6.45, 7) is 2.80. The molecule has 0 unspecified atom stereocenters. The van der Waals surface area contributed by atoms with Gasteiger partial charge in [-0.25, -0.2) is 8.42 Å². The zero-order chi connectivity index (χ0) is 21.2. The van der Waals surface area contributed by atoms with Crippen LogP contribution in [0.4, 0.5) is 5.69 Å². The summed E-state index contributed by atoms with van der Waals surface area (Å²) in [6, 6.07) is 13.2. The normalized spacial score (nSPS) is 15.2. The van der Waals surface area contributed by atoms with Gasteiger partial charge in [0.1, 0.15) is 0 Å². The highest BCUT2D eigenvalue weighted by Crippen LogP contribution is 2.25. The summed E-state index contributed by atoms with van der Waals surface area (Å²) in [5.41, 5.74) is 7.13. The van der Waals surface area contributed by atoms with Gasteiger partial charge in [-0.05, 0) is 50.1 Å². The Labute approximate surface area is 171 Å². The molecule has 7 nitrogen and oxygen atoms in total. The second kappa shape index (κ2) is 8.24. The molecule has 1 aliphatic heterocycles. The van der Waals surface area contributed by atoms with Gasteiger partial charge in [-0.1, -0.05) is 23.8 Å². The lowest BCUT2D eigenvalue weighted by atomic mass is 9.96. The van der Waals surface area contributed by atoms with E-state index in [9.17, 15) is 18.0 Å². The number of piperidine rings is 1. The maximum atomic E-state index is 12.9.